The van der Waals surface area contributed by atoms with E-state index < -0.39 is 0 Å². The van der Waals surface area contributed by atoms with Crippen molar-refractivity contribution in [1.82, 2.24) is 4.90 Å². The van der Waals surface area contributed by atoms with Crippen molar-refractivity contribution in [2.75, 3.05) is 13.7 Å². The molecule has 3 rings (SSSR count). The van der Waals surface area contributed by atoms with Gasteiger partial charge in [-0.3, -0.25) is 4.79 Å². The zero-order valence-corrected chi connectivity index (χ0v) is 13.2. The molecular weight excluding hydrogens is 293 g/mol. The van der Waals surface area contributed by atoms with Crippen molar-refractivity contribution in [1.29, 1.82) is 0 Å². The maximum Gasteiger partial charge on any atom is 0.227 e. The highest BCUT2D eigenvalue weighted by Crippen LogP contribution is 2.33. The third-order valence-electron chi connectivity index (χ3n) is 4.35. The molecule has 1 heterocycles. The summed E-state index contributed by atoms with van der Waals surface area (Å²) in [7, 11) is 1.63. The highest BCUT2D eigenvalue weighted by molar-refractivity contribution is 5.79. The van der Waals surface area contributed by atoms with Crippen LogP contribution in [0.2, 0.25) is 0 Å². The molecule has 4 heteroatoms. The summed E-state index contributed by atoms with van der Waals surface area (Å²) in [6.45, 7) is 0.717. The first kappa shape index (κ1) is 15.5. The van der Waals surface area contributed by atoms with E-state index >= 15 is 0 Å². The molecule has 1 atom stereocenters. The highest BCUT2D eigenvalue weighted by Gasteiger charge is 2.30. The number of ether oxygens (including phenoxy) is 1. The van der Waals surface area contributed by atoms with E-state index in [2.05, 4.69) is 0 Å². The molecule has 0 saturated carbocycles. The molecular formula is C19H20FNO2. The second-order valence-electron chi connectivity index (χ2n) is 5.79. The van der Waals surface area contributed by atoms with Gasteiger partial charge in [-0.25, -0.2) is 4.39 Å². The van der Waals surface area contributed by atoms with Crippen LogP contribution >= 0.6 is 0 Å². The number of rotatable bonds is 4. The molecule has 0 N–H and O–H groups in total. The van der Waals surface area contributed by atoms with Crippen LogP contribution in [0.5, 0.6) is 5.75 Å². The molecule has 1 saturated heterocycles. The molecule has 120 valence electrons. The number of nitrogens with zero attached hydrogens (tertiary/aromatic N) is 1. The number of hydrogen-bond donors (Lipinski definition) is 0. The van der Waals surface area contributed by atoms with Crippen molar-refractivity contribution in [2.24, 2.45) is 0 Å². The predicted molar refractivity (Wildman–Crippen MR) is 86.8 cm³/mol. The van der Waals surface area contributed by atoms with Crippen LogP contribution in [0, 0.1) is 5.82 Å². The monoisotopic (exact) mass is 313 g/mol. The minimum absolute atomic E-state index is 0.0274. The lowest BCUT2D eigenvalue weighted by molar-refractivity contribution is -0.131. The molecule has 0 radical (unpaired) electrons. The molecule has 2 aromatic rings. The van der Waals surface area contributed by atoms with Crippen molar-refractivity contribution in [3.63, 3.8) is 0 Å². The van der Waals surface area contributed by atoms with Crippen molar-refractivity contribution in [2.45, 2.75) is 25.3 Å². The normalized spacial score (nSPS) is 17.3. The average Bonchev–Trinajstić information content (AvgIpc) is 3.07. The highest BCUT2D eigenvalue weighted by atomic mass is 19.1. The first-order valence-corrected chi connectivity index (χ1v) is 7.86. The summed E-state index contributed by atoms with van der Waals surface area (Å²) in [5.41, 5.74) is 1.53. The van der Waals surface area contributed by atoms with Crippen LogP contribution in [-0.2, 0) is 11.2 Å². The van der Waals surface area contributed by atoms with Crippen LogP contribution in [0.3, 0.4) is 0 Å². The van der Waals surface area contributed by atoms with Gasteiger partial charge in [0.1, 0.15) is 11.6 Å². The van der Waals surface area contributed by atoms with E-state index in [0.29, 0.717) is 5.56 Å². The van der Waals surface area contributed by atoms with E-state index in [-0.39, 0.29) is 24.2 Å². The molecule has 0 aromatic heterocycles. The molecule has 0 aliphatic carbocycles. The van der Waals surface area contributed by atoms with Crippen molar-refractivity contribution >= 4 is 5.91 Å². The molecule has 1 fully saturated rings. The molecule has 1 aliphatic heterocycles. The first-order chi connectivity index (χ1) is 11.2. The first-order valence-electron chi connectivity index (χ1n) is 7.86. The standard InChI is InChI=1S/C19H20FNO2/c1-23-16-8-4-7-15(12-16)18-10-5-11-21(18)19(22)13-14-6-2-3-9-17(14)20/h2-4,6-9,12,18H,5,10-11,13H2,1H3. The Balaban J connectivity index is 1.78. The van der Waals surface area contributed by atoms with Gasteiger partial charge in [0.2, 0.25) is 5.91 Å². The smallest absolute Gasteiger partial charge is 0.227 e. The Bertz CT molecular complexity index is 701. The molecule has 0 bridgehead atoms. The number of likely N-dealkylation sites (tertiary alicyclic amines) is 1. The lowest BCUT2D eigenvalue weighted by Gasteiger charge is -2.25. The SMILES string of the molecule is COc1cccc(C2CCCN2C(=O)Cc2ccccc2F)c1. The summed E-state index contributed by atoms with van der Waals surface area (Å²) in [5, 5.41) is 0. The second-order valence-corrected chi connectivity index (χ2v) is 5.79. The number of halogens is 1. The Morgan fingerprint density at radius 3 is 2.87 bits per heavy atom. The Morgan fingerprint density at radius 1 is 1.26 bits per heavy atom. The van der Waals surface area contributed by atoms with Gasteiger partial charge in [0.05, 0.1) is 19.6 Å². The van der Waals surface area contributed by atoms with Gasteiger partial charge in [0, 0.05) is 6.54 Å². The number of amides is 1. The van der Waals surface area contributed by atoms with Gasteiger partial charge in [0.25, 0.3) is 0 Å². The topological polar surface area (TPSA) is 29.5 Å². The van der Waals surface area contributed by atoms with E-state index in [1.807, 2.05) is 29.2 Å². The van der Waals surface area contributed by atoms with Crippen LogP contribution in [0.1, 0.15) is 30.0 Å². The van der Waals surface area contributed by atoms with E-state index in [1.54, 1.807) is 25.3 Å². The maximum atomic E-state index is 13.8. The Kier molecular flexibility index (Phi) is 4.60. The molecule has 23 heavy (non-hydrogen) atoms. The number of methoxy groups -OCH3 is 1. The summed E-state index contributed by atoms with van der Waals surface area (Å²) >= 11 is 0. The van der Waals surface area contributed by atoms with E-state index in [9.17, 15) is 9.18 Å². The van der Waals surface area contributed by atoms with Gasteiger partial charge in [-0.2, -0.15) is 0 Å². The zero-order valence-electron chi connectivity index (χ0n) is 13.2. The van der Waals surface area contributed by atoms with E-state index in [0.717, 1.165) is 30.7 Å². The van der Waals surface area contributed by atoms with Crippen LogP contribution < -0.4 is 4.74 Å². The van der Waals surface area contributed by atoms with Gasteiger partial charge in [-0.15, -0.1) is 0 Å². The third kappa shape index (κ3) is 3.36. The molecule has 3 nitrogen and oxygen atoms in total. The van der Waals surface area contributed by atoms with Crippen molar-refractivity contribution < 1.29 is 13.9 Å². The van der Waals surface area contributed by atoms with Crippen LogP contribution in [-0.4, -0.2) is 24.5 Å². The Labute approximate surface area is 135 Å². The summed E-state index contributed by atoms with van der Waals surface area (Å²) < 4.78 is 19.0. The Hall–Kier alpha value is -2.36. The summed E-state index contributed by atoms with van der Waals surface area (Å²) in [4.78, 5) is 14.5. The maximum absolute atomic E-state index is 13.8. The van der Waals surface area contributed by atoms with Gasteiger partial charge >= 0.3 is 0 Å². The van der Waals surface area contributed by atoms with Crippen molar-refractivity contribution in [3.05, 3.63) is 65.5 Å². The fourth-order valence-electron chi connectivity index (χ4n) is 3.17. The molecule has 1 aliphatic rings. The largest absolute Gasteiger partial charge is 0.497 e. The number of carbonyl (C=O) groups is 1. The molecule has 1 unspecified atom stereocenters. The fourth-order valence-corrected chi connectivity index (χ4v) is 3.17. The minimum Gasteiger partial charge on any atom is -0.497 e. The van der Waals surface area contributed by atoms with Crippen LogP contribution in [0.4, 0.5) is 4.39 Å². The van der Waals surface area contributed by atoms with Gasteiger partial charge in [-0.05, 0) is 42.2 Å². The number of hydrogen-bond acceptors (Lipinski definition) is 2. The quantitative estimate of drug-likeness (QED) is 0.860. The lowest BCUT2D eigenvalue weighted by Crippen LogP contribution is -2.32. The fraction of sp³-hybridized carbons (Fsp3) is 0.316. The molecule has 1 amide bonds. The third-order valence-corrected chi connectivity index (χ3v) is 4.35. The lowest BCUT2D eigenvalue weighted by atomic mass is 10.0. The predicted octanol–water partition coefficient (Wildman–Crippen LogP) is 3.74. The summed E-state index contributed by atoms with van der Waals surface area (Å²) in [5.74, 6) is 0.439. The number of benzene rings is 2. The average molecular weight is 313 g/mol. The molecule has 2 aromatic carbocycles. The van der Waals surface area contributed by atoms with Gasteiger partial charge in [0.15, 0.2) is 0 Å². The van der Waals surface area contributed by atoms with Crippen molar-refractivity contribution in [3.8, 4) is 5.75 Å². The zero-order chi connectivity index (χ0) is 16.2. The number of carbonyl (C=O) groups excluding carboxylic acids is 1. The van der Waals surface area contributed by atoms with E-state index in [1.165, 1.54) is 6.07 Å². The van der Waals surface area contributed by atoms with Crippen LogP contribution in [0.15, 0.2) is 48.5 Å². The van der Waals surface area contributed by atoms with Crippen LogP contribution in [0.25, 0.3) is 0 Å². The van der Waals surface area contributed by atoms with E-state index in [4.69, 9.17) is 4.74 Å². The molecule has 0 spiro atoms. The summed E-state index contributed by atoms with van der Waals surface area (Å²) in [6.07, 6.45) is 1.99. The van der Waals surface area contributed by atoms with Gasteiger partial charge < -0.3 is 9.64 Å². The minimum atomic E-state index is -0.321. The van der Waals surface area contributed by atoms with Gasteiger partial charge in [-0.1, -0.05) is 30.3 Å². The second kappa shape index (κ2) is 6.82. The Morgan fingerprint density at radius 2 is 2.09 bits per heavy atom. The summed E-state index contributed by atoms with van der Waals surface area (Å²) in [6, 6.07) is 14.3.